The molecule has 0 aromatic heterocycles. The van der Waals surface area contributed by atoms with Crippen molar-refractivity contribution in [3.05, 3.63) is 35.9 Å². The van der Waals surface area contributed by atoms with Crippen LogP contribution < -0.4 is 16.4 Å². The van der Waals surface area contributed by atoms with Crippen LogP contribution in [0.3, 0.4) is 0 Å². The van der Waals surface area contributed by atoms with Crippen molar-refractivity contribution in [1.82, 2.24) is 10.6 Å². The highest BCUT2D eigenvalue weighted by Crippen LogP contribution is 2.12. The van der Waals surface area contributed by atoms with Crippen molar-refractivity contribution in [1.29, 1.82) is 0 Å². The van der Waals surface area contributed by atoms with Gasteiger partial charge >= 0.3 is 6.03 Å². The van der Waals surface area contributed by atoms with E-state index in [4.69, 9.17) is 5.73 Å². The molecule has 0 saturated heterocycles. The molecule has 18 heavy (non-hydrogen) atoms. The van der Waals surface area contributed by atoms with E-state index in [-0.39, 0.29) is 11.8 Å². The number of carbonyl (C=O) groups excluding carboxylic acids is 2. The second-order valence-electron chi connectivity index (χ2n) is 4.29. The first kappa shape index (κ1) is 14.0. The van der Waals surface area contributed by atoms with E-state index in [1.807, 2.05) is 37.3 Å². The molecule has 0 spiro atoms. The Kier molecular flexibility index (Phi) is 5.17. The third-order valence-electron chi connectivity index (χ3n) is 2.70. The van der Waals surface area contributed by atoms with Crippen LogP contribution in [0.1, 0.15) is 25.3 Å². The fraction of sp³-hybridized carbons (Fsp3) is 0.385. The zero-order chi connectivity index (χ0) is 13.5. The number of urea groups is 1. The molecular weight excluding hydrogens is 230 g/mol. The molecule has 2 unspecified atom stereocenters. The summed E-state index contributed by atoms with van der Waals surface area (Å²) in [5, 5.41) is 5.11. The summed E-state index contributed by atoms with van der Waals surface area (Å²) < 4.78 is 0. The quantitative estimate of drug-likeness (QED) is 0.726. The van der Waals surface area contributed by atoms with E-state index in [0.29, 0.717) is 6.54 Å². The number of primary amides is 1. The summed E-state index contributed by atoms with van der Waals surface area (Å²) in [4.78, 5) is 22.2. The van der Waals surface area contributed by atoms with Gasteiger partial charge in [-0.3, -0.25) is 4.79 Å². The monoisotopic (exact) mass is 249 g/mol. The molecular formula is C13H19N3O2. The van der Waals surface area contributed by atoms with Gasteiger partial charge in [-0.15, -0.1) is 0 Å². The standard InChI is InChI=1S/C13H19N3O2/c1-9(11-6-4-3-5-7-11)8-15-12(17)10(2)16-13(14)18/h3-7,9-10H,8H2,1-2H3,(H,15,17)(H3,14,16,18). The van der Waals surface area contributed by atoms with Crippen LogP contribution in [0.4, 0.5) is 4.79 Å². The van der Waals surface area contributed by atoms with E-state index in [1.54, 1.807) is 6.92 Å². The normalized spacial score (nSPS) is 13.4. The lowest BCUT2D eigenvalue weighted by Crippen LogP contribution is -2.47. The van der Waals surface area contributed by atoms with Crippen molar-refractivity contribution in [2.45, 2.75) is 25.8 Å². The average molecular weight is 249 g/mol. The van der Waals surface area contributed by atoms with Gasteiger partial charge in [0.05, 0.1) is 0 Å². The number of hydrogen-bond acceptors (Lipinski definition) is 2. The minimum Gasteiger partial charge on any atom is -0.354 e. The van der Waals surface area contributed by atoms with E-state index >= 15 is 0 Å². The number of carbonyl (C=O) groups is 2. The molecule has 0 fully saturated rings. The molecule has 0 saturated carbocycles. The molecule has 4 N–H and O–H groups in total. The number of amides is 3. The predicted octanol–water partition coefficient (Wildman–Crippen LogP) is 0.963. The van der Waals surface area contributed by atoms with Gasteiger partial charge in [0.25, 0.3) is 0 Å². The highest BCUT2D eigenvalue weighted by atomic mass is 16.2. The minimum atomic E-state index is -0.700. The van der Waals surface area contributed by atoms with Gasteiger partial charge in [-0.05, 0) is 18.4 Å². The van der Waals surface area contributed by atoms with Crippen LogP contribution in [0.25, 0.3) is 0 Å². The van der Waals surface area contributed by atoms with Crippen molar-refractivity contribution in [3.8, 4) is 0 Å². The summed E-state index contributed by atoms with van der Waals surface area (Å²) in [5.41, 5.74) is 6.11. The van der Waals surface area contributed by atoms with E-state index in [9.17, 15) is 9.59 Å². The topological polar surface area (TPSA) is 84.2 Å². The van der Waals surface area contributed by atoms with Gasteiger partial charge in [0.15, 0.2) is 0 Å². The first-order valence-electron chi connectivity index (χ1n) is 5.89. The molecule has 0 bridgehead atoms. The van der Waals surface area contributed by atoms with Crippen LogP contribution in [0.2, 0.25) is 0 Å². The van der Waals surface area contributed by atoms with Crippen molar-refractivity contribution < 1.29 is 9.59 Å². The fourth-order valence-electron chi connectivity index (χ4n) is 1.59. The number of nitrogens with two attached hydrogens (primary N) is 1. The predicted molar refractivity (Wildman–Crippen MR) is 70.0 cm³/mol. The van der Waals surface area contributed by atoms with Gasteiger partial charge in [-0.2, -0.15) is 0 Å². The second kappa shape index (κ2) is 6.64. The maximum atomic E-state index is 11.6. The molecule has 1 rings (SSSR count). The fourth-order valence-corrected chi connectivity index (χ4v) is 1.59. The second-order valence-corrected chi connectivity index (χ2v) is 4.29. The highest BCUT2D eigenvalue weighted by molar-refractivity contribution is 5.86. The number of rotatable bonds is 5. The van der Waals surface area contributed by atoms with Crippen molar-refractivity contribution in [2.75, 3.05) is 6.54 Å². The lowest BCUT2D eigenvalue weighted by Gasteiger charge is -2.16. The van der Waals surface area contributed by atoms with Gasteiger partial charge in [0, 0.05) is 6.54 Å². The summed E-state index contributed by atoms with van der Waals surface area (Å²) in [6.45, 7) is 4.14. The Morgan fingerprint density at radius 2 is 1.83 bits per heavy atom. The Morgan fingerprint density at radius 1 is 1.22 bits per heavy atom. The lowest BCUT2D eigenvalue weighted by atomic mass is 10.0. The molecule has 1 aromatic carbocycles. The minimum absolute atomic E-state index is 0.218. The molecule has 1 aromatic rings. The average Bonchev–Trinajstić information content (AvgIpc) is 2.35. The summed E-state index contributed by atoms with van der Waals surface area (Å²) in [5.74, 6) is -0.0208. The molecule has 98 valence electrons. The molecule has 0 heterocycles. The van der Waals surface area contributed by atoms with Gasteiger partial charge in [-0.1, -0.05) is 37.3 Å². The Labute approximate surface area is 107 Å². The molecule has 0 aliphatic carbocycles. The van der Waals surface area contributed by atoms with Gasteiger partial charge in [0.2, 0.25) is 5.91 Å². The first-order valence-corrected chi connectivity index (χ1v) is 5.89. The summed E-state index contributed by atoms with van der Waals surface area (Å²) in [7, 11) is 0. The SMILES string of the molecule is CC(NC(N)=O)C(=O)NCC(C)c1ccccc1. The van der Waals surface area contributed by atoms with E-state index < -0.39 is 12.1 Å². The van der Waals surface area contributed by atoms with Gasteiger partial charge in [0.1, 0.15) is 6.04 Å². The maximum absolute atomic E-state index is 11.6. The summed E-state index contributed by atoms with van der Waals surface area (Å²) >= 11 is 0. The molecule has 3 amide bonds. The first-order chi connectivity index (χ1) is 8.50. The van der Waals surface area contributed by atoms with Gasteiger partial charge in [-0.25, -0.2) is 4.79 Å². The van der Waals surface area contributed by atoms with Crippen LogP contribution in [-0.4, -0.2) is 24.5 Å². The molecule has 0 aliphatic rings. The van der Waals surface area contributed by atoms with Crippen molar-refractivity contribution in [2.24, 2.45) is 5.73 Å². The highest BCUT2D eigenvalue weighted by Gasteiger charge is 2.14. The van der Waals surface area contributed by atoms with E-state index in [2.05, 4.69) is 10.6 Å². The molecule has 0 aliphatic heterocycles. The molecule has 5 heteroatoms. The van der Waals surface area contributed by atoms with Crippen molar-refractivity contribution in [3.63, 3.8) is 0 Å². The van der Waals surface area contributed by atoms with Crippen LogP contribution in [0.15, 0.2) is 30.3 Å². The lowest BCUT2D eigenvalue weighted by molar-refractivity contribution is -0.122. The van der Waals surface area contributed by atoms with Crippen LogP contribution in [0, 0.1) is 0 Å². The Bertz CT molecular complexity index is 406. The maximum Gasteiger partial charge on any atom is 0.312 e. The zero-order valence-corrected chi connectivity index (χ0v) is 10.6. The zero-order valence-electron chi connectivity index (χ0n) is 10.6. The third-order valence-corrected chi connectivity index (χ3v) is 2.70. The van der Waals surface area contributed by atoms with Crippen LogP contribution >= 0.6 is 0 Å². The number of hydrogen-bond donors (Lipinski definition) is 3. The van der Waals surface area contributed by atoms with Gasteiger partial charge < -0.3 is 16.4 Å². The molecule has 0 radical (unpaired) electrons. The van der Waals surface area contributed by atoms with Crippen LogP contribution in [0.5, 0.6) is 0 Å². The summed E-state index contributed by atoms with van der Waals surface area (Å²) in [6.07, 6.45) is 0. The Balaban J connectivity index is 2.41. The summed E-state index contributed by atoms with van der Waals surface area (Å²) in [6, 6.07) is 8.59. The number of nitrogens with one attached hydrogen (secondary N) is 2. The smallest absolute Gasteiger partial charge is 0.312 e. The molecule has 5 nitrogen and oxygen atoms in total. The molecule has 2 atom stereocenters. The largest absolute Gasteiger partial charge is 0.354 e. The third kappa shape index (κ3) is 4.45. The van der Waals surface area contributed by atoms with Crippen LogP contribution in [-0.2, 0) is 4.79 Å². The van der Waals surface area contributed by atoms with Crippen molar-refractivity contribution >= 4 is 11.9 Å². The van der Waals surface area contributed by atoms with E-state index in [1.165, 1.54) is 0 Å². The Morgan fingerprint density at radius 3 is 2.39 bits per heavy atom. The Hall–Kier alpha value is -2.04. The number of benzene rings is 1. The van der Waals surface area contributed by atoms with E-state index in [0.717, 1.165) is 5.56 Å².